The highest BCUT2D eigenvalue weighted by Gasteiger charge is 2.28. The molecule has 0 saturated carbocycles. The van der Waals surface area contributed by atoms with Crippen LogP contribution in [0, 0.1) is 5.41 Å². The topological polar surface area (TPSA) is 58.4 Å². The Morgan fingerprint density at radius 3 is 2.90 bits per heavy atom. The fraction of sp³-hybridized carbons (Fsp3) is 0.562. The first-order chi connectivity index (χ1) is 9.46. The number of nitrogens with one attached hydrogen (secondary N) is 1. The van der Waals surface area contributed by atoms with E-state index in [-0.39, 0.29) is 5.91 Å². The summed E-state index contributed by atoms with van der Waals surface area (Å²) in [5.41, 5.74) is 9.27. The first-order valence-electron chi connectivity index (χ1n) is 7.42. The van der Waals surface area contributed by atoms with Gasteiger partial charge in [0.25, 0.3) is 0 Å². The van der Waals surface area contributed by atoms with Crippen LogP contribution in [0.5, 0.6) is 0 Å². The lowest BCUT2D eigenvalue weighted by Gasteiger charge is -2.25. The Morgan fingerprint density at radius 2 is 2.10 bits per heavy atom. The van der Waals surface area contributed by atoms with Crippen molar-refractivity contribution in [1.82, 2.24) is 0 Å². The van der Waals surface area contributed by atoms with E-state index < -0.39 is 6.04 Å². The number of nitrogens with zero attached hydrogens (tertiary/aromatic N) is 1. The first-order valence-corrected chi connectivity index (χ1v) is 7.42. The molecule has 4 heteroatoms. The van der Waals surface area contributed by atoms with E-state index in [1.54, 1.807) is 0 Å². The zero-order chi connectivity index (χ0) is 14.3. The van der Waals surface area contributed by atoms with Gasteiger partial charge in [0.1, 0.15) is 6.04 Å². The second-order valence-electron chi connectivity index (χ2n) is 6.74. The number of fused-ring (bicyclic) bond motifs is 1. The van der Waals surface area contributed by atoms with Gasteiger partial charge in [0.05, 0.1) is 0 Å². The summed E-state index contributed by atoms with van der Waals surface area (Å²) < 4.78 is 0. The maximum atomic E-state index is 11.6. The van der Waals surface area contributed by atoms with Crippen molar-refractivity contribution in [3.63, 3.8) is 0 Å². The van der Waals surface area contributed by atoms with E-state index in [4.69, 9.17) is 5.73 Å². The molecule has 1 aromatic rings. The molecule has 1 atom stereocenters. The Balaban J connectivity index is 1.82. The summed E-state index contributed by atoms with van der Waals surface area (Å²) >= 11 is 0. The molecule has 0 aromatic heterocycles. The molecule has 2 aliphatic rings. The standard InChI is InChI=1S/C16H23N3O/c1-16(2)6-3-8-19(9-7-16)11-4-5-12-13(10-11)18-15(20)14(12)17/h4-5,10,14H,3,6-9,17H2,1-2H3,(H,18,20). The summed E-state index contributed by atoms with van der Waals surface area (Å²) in [4.78, 5) is 14.0. The average Bonchev–Trinajstić information content (AvgIpc) is 2.57. The molecular weight excluding hydrogens is 250 g/mol. The third-order valence-corrected chi connectivity index (χ3v) is 4.62. The Kier molecular flexibility index (Phi) is 3.21. The number of amides is 1. The lowest BCUT2D eigenvalue weighted by molar-refractivity contribution is -0.116. The van der Waals surface area contributed by atoms with Gasteiger partial charge in [-0.15, -0.1) is 0 Å². The number of hydrogen-bond acceptors (Lipinski definition) is 3. The molecule has 1 aromatic carbocycles. The number of carbonyl (C=O) groups is 1. The lowest BCUT2D eigenvalue weighted by Crippen LogP contribution is -2.25. The number of nitrogens with two attached hydrogens (primary N) is 1. The third-order valence-electron chi connectivity index (χ3n) is 4.62. The highest BCUT2D eigenvalue weighted by atomic mass is 16.2. The fourth-order valence-corrected chi connectivity index (χ4v) is 3.15. The van der Waals surface area contributed by atoms with E-state index in [0.29, 0.717) is 5.41 Å². The van der Waals surface area contributed by atoms with Crippen LogP contribution in [0.25, 0.3) is 0 Å². The smallest absolute Gasteiger partial charge is 0.245 e. The zero-order valence-corrected chi connectivity index (χ0v) is 12.3. The molecule has 108 valence electrons. The van der Waals surface area contributed by atoms with Crippen molar-refractivity contribution >= 4 is 17.3 Å². The quantitative estimate of drug-likeness (QED) is 0.827. The molecule has 20 heavy (non-hydrogen) atoms. The van der Waals surface area contributed by atoms with Crippen LogP contribution >= 0.6 is 0 Å². The highest BCUT2D eigenvalue weighted by Crippen LogP contribution is 2.35. The summed E-state index contributed by atoms with van der Waals surface area (Å²) in [6.07, 6.45) is 3.70. The van der Waals surface area contributed by atoms with Crippen molar-refractivity contribution in [1.29, 1.82) is 0 Å². The minimum Gasteiger partial charge on any atom is -0.371 e. The van der Waals surface area contributed by atoms with Crippen LogP contribution in [0.2, 0.25) is 0 Å². The minimum atomic E-state index is -0.512. The van der Waals surface area contributed by atoms with Crippen molar-refractivity contribution < 1.29 is 4.79 Å². The third kappa shape index (κ3) is 2.40. The van der Waals surface area contributed by atoms with Crippen molar-refractivity contribution in [3.8, 4) is 0 Å². The number of benzene rings is 1. The van der Waals surface area contributed by atoms with Crippen molar-refractivity contribution in [2.75, 3.05) is 23.3 Å². The summed E-state index contributed by atoms with van der Waals surface area (Å²) in [6.45, 7) is 6.85. The normalized spacial score (nSPS) is 25.1. The summed E-state index contributed by atoms with van der Waals surface area (Å²) in [6, 6.07) is 5.64. The van der Waals surface area contributed by atoms with Crippen molar-refractivity contribution in [3.05, 3.63) is 23.8 Å². The van der Waals surface area contributed by atoms with Crippen LogP contribution in [0.1, 0.15) is 44.7 Å². The Hall–Kier alpha value is -1.55. The molecule has 1 saturated heterocycles. The lowest BCUT2D eigenvalue weighted by atomic mass is 9.85. The van der Waals surface area contributed by atoms with E-state index >= 15 is 0 Å². The maximum absolute atomic E-state index is 11.6. The molecule has 3 rings (SSSR count). The monoisotopic (exact) mass is 273 g/mol. The van der Waals surface area contributed by atoms with Gasteiger partial charge in [-0.3, -0.25) is 4.79 Å². The Morgan fingerprint density at radius 1 is 1.30 bits per heavy atom. The predicted molar refractivity (Wildman–Crippen MR) is 81.8 cm³/mol. The molecule has 0 spiro atoms. The average molecular weight is 273 g/mol. The summed E-state index contributed by atoms with van der Waals surface area (Å²) in [7, 11) is 0. The van der Waals surface area contributed by atoms with Gasteiger partial charge in [-0.1, -0.05) is 19.9 Å². The SMILES string of the molecule is CC1(C)CCCN(c2ccc3c(c2)NC(=O)C3N)CC1. The molecular formula is C16H23N3O. The van der Waals surface area contributed by atoms with Gasteiger partial charge in [-0.05, 0) is 36.8 Å². The second kappa shape index (κ2) is 4.77. The van der Waals surface area contributed by atoms with Gasteiger partial charge in [0, 0.05) is 30.0 Å². The summed E-state index contributed by atoms with van der Waals surface area (Å²) in [5.74, 6) is -0.103. The fourth-order valence-electron chi connectivity index (χ4n) is 3.15. The van der Waals surface area contributed by atoms with Gasteiger partial charge in [0.15, 0.2) is 0 Å². The van der Waals surface area contributed by atoms with Crippen LogP contribution in [0.4, 0.5) is 11.4 Å². The van der Waals surface area contributed by atoms with Gasteiger partial charge in [-0.25, -0.2) is 0 Å². The van der Waals surface area contributed by atoms with E-state index in [9.17, 15) is 4.79 Å². The summed E-state index contributed by atoms with van der Waals surface area (Å²) in [5, 5.41) is 2.87. The molecule has 0 radical (unpaired) electrons. The van der Waals surface area contributed by atoms with Crippen LogP contribution in [0.3, 0.4) is 0 Å². The maximum Gasteiger partial charge on any atom is 0.245 e. The van der Waals surface area contributed by atoms with Crippen LogP contribution in [-0.4, -0.2) is 19.0 Å². The molecule has 4 nitrogen and oxygen atoms in total. The Labute approximate surface area is 120 Å². The number of hydrogen-bond donors (Lipinski definition) is 2. The zero-order valence-electron chi connectivity index (χ0n) is 12.3. The minimum absolute atomic E-state index is 0.103. The van der Waals surface area contributed by atoms with Gasteiger partial charge in [-0.2, -0.15) is 0 Å². The van der Waals surface area contributed by atoms with Crippen molar-refractivity contribution in [2.24, 2.45) is 11.1 Å². The number of anilines is 2. The van der Waals surface area contributed by atoms with Gasteiger partial charge < -0.3 is 16.0 Å². The van der Waals surface area contributed by atoms with E-state index in [0.717, 1.165) is 24.3 Å². The highest BCUT2D eigenvalue weighted by molar-refractivity contribution is 6.02. The Bertz CT molecular complexity index is 539. The molecule has 2 heterocycles. The number of rotatable bonds is 1. The number of carbonyl (C=O) groups excluding carboxylic acids is 1. The molecule has 0 aliphatic carbocycles. The molecule has 1 amide bonds. The molecule has 1 unspecified atom stereocenters. The second-order valence-corrected chi connectivity index (χ2v) is 6.74. The van der Waals surface area contributed by atoms with Crippen molar-refractivity contribution in [2.45, 2.75) is 39.2 Å². The largest absolute Gasteiger partial charge is 0.371 e. The van der Waals surface area contributed by atoms with Crippen LogP contribution in [-0.2, 0) is 4.79 Å². The van der Waals surface area contributed by atoms with E-state index in [2.05, 4.69) is 36.2 Å². The first kappa shape index (κ1) is 13.4. The van der Waals surface area contributed by atoms with Crippen LogP contribution in [0.15, 0.2) is 18.2 Å². The van der Waals surface area contributed by atoms with E-state index in [1.165, 1.54) is 24.9 Å². The molecule has 1 fully saturated rings. The molecule has 2 aliphatic heterocycles. The molecule has 3 N–H and O–H groups in total. The van der Waals surface area contributed by atoms with E-state index in [1.807, 2.05) is 6.07 Å². The van der Waals surface area contributed by atoms with Gasteiger partial charge in [0.2, 0.25) is 5.91 Å². The molecule has 0 bridgehead atoms. The van der Waals surface area contributed by atoms with Crippen LogP contribution < -0.4 is 16.0 Å². The van der Waals surface area contributed by atoms with Gasteiger partial charge >= 0.3 is 0 Å². The predicted octanol–water partition coefficient (Wildman–Crippen LogP) is 2.66.